The predicted molar refractivity (Wildman–Crippen MR) is 113 cm³/mol. The summed E-state index contributed by atoms with van der Waals surface area (Å²) >= 11 is 0. The number of rotatable bonds is 5. The van der Waals surface area contributed by atoms with E-state index in [9.17, 15) is 9.59 Å². The van der Waals surface area contributed by atoms with Gasteiger partial charge in [-0.25, -0.2) is 4.79 Å². The molecule has 2 heterocycles. The van der Waals surface area contributed by atoms with Gasteiger partial charge in [-0.2, -0.15) is 0 Å². The summed E-state index contributed by atoms with van der Waals surface area (Å²) in [5, 5.41) is 6.86. The van der Waals surface area contributed by atoms with Crippen LogP contribution in [0, 0.1) is 11.8 Å². The average molecular weight is 413 g/mol. The molecule has 1 unspecified atom stereocenters. The van der Waals surface area contributed by atoms with Crippen LogP contribution < -0.4 is 10.6 Å². The molecule has 4 fully saturated rings. The van der Waals surface area contributed by atoms with Gasteiger partial charge in [0.25, 0.3) is 0 Å². The van der Waals surface area contributed by atoms with Crippen molar-refractivity contribution in [1.82, 2.24) is 20.4 Å². The number of halogens is 1. The molecule has 0 aromatic carbocycles. The first-order valence-electron chi connectivity index (χ1n) is 11.3. The third-order valence-electron chi connectivity index (χ3n) is 6.94. The first-order valence-corrected chi connectivity index (χ1v) is 11.3. The number of carbonyl (C=O) groups excluding carboxylic acids is 2. The fourth-order valence-corrected chi connectivity index (χ4v) is 4.92. The Morgan fingerprint density at radius 1 is 0.786 bits per heavy atom. The number of urea groups is 1. The van der Waals surface area contributed by atoms with Gasteiger partial charge >= 0.3 is 6.03 Å². The summed E-state index contributed by atoms with van der Waals surface area (Å²) in [7, 11) is 0. The fraction of sp³-hybridized carbons (Fsp3) is 0.905. The standard InChI is InChI=1S/C21H36N4O2.ClH/c26-20(24-12-9-18(10-13-24)22-14-16-7-8-16)17-4-3-11-25(15-17)21(27)23-19-5-1-2-6-19;/h16-19,22H,1-15H2,(H,23,27);1H. The zero-order chi connectivity index (χ0) is 18.6. The highest BCUT2D eigenvalue weighted by Crippen LogP contribution is 2.28. The fourth-order valence-electron chi connectivity index (χ4n) is 4.92. The molecule has 0 aromatic rings. The van der Waals surface area contributed by atoms with Crippen molar-refractivity contribution < 1.29 is 9.59 Å². The number of piperidine rings is 2. The third-order valence-corrected chi connectivity index (χ3v) is 6.94. The highest BCUT2D eigenvalue weighted by Gasteiger charge is 2.33. The van der Waals surface area contributed by atoms with E-state index in [4.69, 9.17) is 0 Å². The molecule has 2 saturated carbocycles. The third kappa shape index (κ3) is 5.76. The van der Waals surface area contributed by atoms with Crippen LogP contribution in [0.3, 0.4) is 0 Å². The largest absolute Gasteiger partial charge is 0.342 e. The molecule has 4 aliphatic rings. The molecule has 6 nitrogen and oxygen atoms in total. The van der Waals surface area contributed by atoms with E-state index in [0.717, 1.165) is 70.6 Å². The highest BCUT2D eigenvalue weighted by atomic mass is 35.5. The molecule has 0 bridgehead atoms. The summed E-state index contributed by atoms with van der Waals surface area (Å²) in [4.78, 5) is 29.5. The van der Waals surface area contributed by atoms with Gasteiger partial charge in [0.15, 0.2) is 0 Å². The van der Waals surface area contributed by atoms with E-state index in [1.165, 1.54) is 25.7 Å². The molecule has 4 rings (SSSR count). The van der Waals surface area contributed by atoms with Crippen molar-refractivity contribution in [2.24, 2.45) is 11.8 Å². The van der Waals surface area contributed by atoms with Gasteiger partial charge in [-0.05, 0) is 63.8 Å². The van der Waals surface area contributed by atoms with Crippen LogP contribution in [0.15, 0.2) is 0 Å². The Morgan fingerprint density at radius 2 is 1.50 bits per heavy atom. The minimum atomic E-state index is -0.0101. The molecule has 1 atom stereocenters. The molecule has 2 aliphatic heterocycles. The Morgan fingerprint density at radius 3 is 2.18 bits per heavy atom. The van der Waals surface area contributed by atoms with Crippen LogP contribution in [0.1, 0.15) is 64.2 Å². The molecule has 2 saturated heterocycles. The maximum Gasteiger partial charge on any atom is 0.317 e. The second-order valence-electron chi connectivity index (χ2n) is 9.17. The summed E-state index contributed by atoms with van der Waals surface area (Å²) in [5.74, 6) is 1.17. The minimum Gasteiger partial charge on any atom is -0.342 e. The van der Waals surface area contributed by atoms with E-state index in [-0.39, 0.29) is 30.3 Å². The van der Waals surface area contributed by atoms with Crippen molar-refractivity contribution in [2.75, 3.05) is 32.7 Å². The molecule has 28 heavy (non-hydrogen) atoms. The second kappa shape index (κ2) is 10.1. The Labute approximate surface area is 175 Å². The lowest BCUT2D eigenvalue weighted by molar-refractivity contribution is -0.138. The number of nitrogens with zero attached hydrogens (tertiary/aromatic N) is 2. The first kappa shape index (κ1) is 21.7. The lowest BCUT2D eigenvalue weighted by Crippen LogP contribution is -2.53. The molecular formula is C21H37ClN4O2. The van der Waals surface area contributed by atoms with E-state index < -0.39 is 0 Å². The van der Waals surface area contributed by atoms with Crippen molar-refractivity contribution in [3.05, 3.63) is 0 Å². The lowest BCUT2D eigenvalue weighted by atomic mass is 9.95. The second-order valence-corrected chi connectivity index (χ2v) is 9.17. The number of hydrogen-bond acceptors (Lipinski definition) is 3. The molecule has 2 aliphatic carbocycles. The number of carbonyl (C=O) groups is 2. The zero-order valence-corrected chi connectivity index (χ0v) is 17.9. The van der Waals surface area contributed by atoms with Crippen LogP contribution in [-0.2, 0) is 4.79 Å². The zero-order valence-electron chi connectivity index (χ0n) is 17.0. The Balaban J connectivity index is 0.00000225. The van der Waals surface area contributed by atoms with Gasteiger partial charge in [0.2, 0.25) is 5.91 Å². The van der Waals surface area contributed by atoms with Gasteiger partial charge in [-0.15, -0.1) is 12.4 Å². The summed E-state index contributed by atoms with van der Waals surface area (Å²) < 4.78 is 0. The predicted octanol–water partition coefficient (Wildman–Crippen LogP) is 2.76. The molecule has 7 heteroatoms. The quantitative estimate of drug-likeness (QED) is 0.729. The van der Waals surface area contributed by atoms with E-state index in [2.05, 4.69) is 15.5 Å². The Kier molecular flexibility index (Phi) is 7.86. The molecule has 0 aromatic heterocycles. The van der Waals surface area contributed by atoms with E-state index >= 15 is 0 Å². The maximum atomic E-state index is 13.0. The lowest BCUT2D eigenvalue weighted by Gasteiger charge is -2.38. The Hall–Kier alpha value is -1.01. The van der Waals surface area contributed by atoms with Gasteiger partial charge in [-0.3, -0.25) is 4.79 Å². The van der Waals surface area contributed by atoms with Crippen LogP contribution in [0.4, 0.5) is 4.79 Å². The minimum absolute atomic E-state index is 0. The summed E-state index contributed by atoms with van der Waals surface area (Å²) in [6.07, 6.45) is 11.4. The number of amides is 3. The van der Waals surface area contributed by atoms with Crippen molar-refractivity contribution in [3.8, 4) is 0 Å². The average Bonchev–Trinajstić information content (AvgIpc) is 3.41. The van der Waals surface area contributed by atoms with Crippen LogP contribution >= 0.6 is 12.4 Å². The van der Waals surface area contributed by atoms with Crippen LogP contribution in [0.2, 0.25) is 0 Å². The van der Waals surface area contributed by atoms with E-state index in [1.54, 1.807) is 0 Å². The van der Waals surface area contributed by atoms with Crippen LogP contribution in [0.25, 0.3) is 0 Å². The van der Waals surface area contributed by atoms with Crippen molar-refractivity contribution in [3.63, 3.8) is 0 Å². The van der Waals surface area contributed by atoms with Crippen molar-refractivity contribution in [2.45, 2.75) is 76.3 Å². The van der Waals surface area contributed by atoms with Crippen LogP contribution in [0.5, 0.6) is 0 Å². The highest BCUT2D eigenvalue weighted by molar-refractivity contribution is 5.85. The number of likely N-dealkylation sites (tertiary alicyclic amines) is 2. The molecule has 2 N–H and O–H groups in total. The molecule has 0 radical (unpaired) electrons. The molecular weight excluding hydrogens is 376 g/mol. The topological polar surface area (TPSA) is 64.7 Å². The van der Waals surface area contributed by atoms with Gasteiger partial charge in [-0.1, -0.05) is 12.8 Å². The SMILES string of the molecule is Cl.O=C(NC1CCCC1)N1CCCC(C(=O)N2CCC(NCC3CC3)CC2)C1. The van der Waals surface area contributed by atoms with Gasteiger partial charge < -0.3 is 20.4 Å². The Bertz CT molecular complexity index is 528. The van der Waals surface area contributed by atoms with Crippen molar-refractivity contribution >= 4 is 24.3 Å². The van der Waals surface area contributed by atoms with Crippen molar-refractivity contribution in [1.29, 1.82) is 0 Å². The first-order chi connectivity index (χ1) is 13.2. The monoisotopic (exact) mass is 412 g/mol. The normalized spacial score (nSPS) is 26.8. The molecule has 160 valence electrons. The number of hydrogen-bond donors (Lipinski definition) is 2. The summed E-state index contributed by atoms with van der Waals surface area (Å²) in [6, 6.07) is 0.966. The number of nitrogens with one attached hydrogen (secondary N) is 2. The van der Waals surface area contributed by atoms with E-state index in [0.29, 0.717) is 18.6 Å². The maximum absolute atomic E-state index is 13.0. The molecule has 0 spiro atoms. The van der Waals surface area contributed by atoms with Gasteiger partial charge in [0.1, 0.15) is 0 Å². The summed E-state index contributed by atoms with van der Waals surface area (Å²) in [5.41, 5.74) is 0. The van der Waals surface area contributed by atoms with Crippen LogP contribution in [-0.4, -0.2) is 66.5 Å². The smallest absolute Gasteiger partial charge is 0.317 e. The molecule has 3 amide bonds. The van der Waals surface area contributed by atoms with E-state index in [1.807, 2.05) is 4.90 Å². The van der Waals surface area contributed by atoms with Gasteiger partial charge in [0.05, 0.1) is 5.92 Å². The summed E-state index contributed by atoms with van der Waals surface area (Å²) in [6.45, 7) is 4.27. The van der Waals surface area contributed by atoms with Gasteiger partial charge in [0, 0.05) is 38.3 Å².